The number of carbonyl (C=O) groups is 2. The average molecular weight is 485 g/mol. The first-order chi connectivity index (χ1) is 17.0. The summed E-state index contributed by atoms with van der Waals surface area (Å²) in [6.07, 6.45) is 0.423. The molecule has 0 spiro atoms. The molecule has 2 amide bonds. The molecule has 178 valence electrons. The predicted molar refractivity (Wildman–Crippen MR) is 142 cm³/mol. The molecule has 0 fully saturated rings. The van der Waals surface area contributed by atoms with Crippen molar-refractivity contribution in [2.75, 3.05) is 5.32 Å². The van der Waals surface area contributed by atoms with E-state index < -0.39 is 12.0 Å². The van der Waals surface area contributed by atoms with Crippen molar-refractivity contribution >= 4 is 28.2 Å². The number of hydrogen-bond donors (Lipinski definition) is 2. The smallest absolute Gasteiger partial charge is 0.266 e. The number of benzene rings is 3. The summed E-state index contributed by atoms with van der Waals surface area (Å²) in [5.74, 6) is -0.262. The highest BCUT2D eigenvalue weighted by molar-refractivity contribution is 7.17. The number of rotatable bonds is 9. The number of amides is 2. The maximum atomic E-state index is 13.1. The minimum atomic E-state index is -0.710. The molecule has 1 aromatic heterocycles. The Morgan fingerprint density at radius 2 is 1.51 bits per heavy atom. The molecule has 0 radical (unpaired) electrons. The van der Waals surface area contributed by atoms with Crippen molar-refractivity contribution in [2.24, 2.45) is 5.73 Å². The maximum Gasteiger partial charge on any atom is 0.266 e. The molecule has 4 aromatic rings. The van der Waals surface area contributed by atoms with Crippen molar-refractivity contribution in [3.05, 3.63) is 106 Å². The van der Waals surface area contributed by atoms with Gasteiger partial charge in [-0.2, -0.15) is 0 Å². The molecule has 0 aliphatic carbocycles. The highest BCUT2D eigenvalue weighted by Crippen LogP contribution is 2.34. The van der Waals surface area contributed by atoms with E-state index in [1.54, 1.807) is 0 Å². The second-order valence-corrected chi connectivity index (χ2v) is 9.38. The van der Waals surface area contributed by atoms with Gasteiger partial charge < -0.3 is 15.8 Å². The van der Waals surface area contributed by atoms with E-state index >= 15 is 0 Å². The molecular formula is C29H28N2O3S. The highest BCUT2D eigenvalue weighted by atomic mass is 32.1. The third-order valence-corrected chi connectivity index (χ3v) is 7.05. The first-order valence-corrected chi connectivity index (χ1v) is 12.4. The molecule has 35 heavy (non-hydrogen) atoms. The summed E-state index contributed by atoms with van der Waals surface area (Å²) in [5.41, 5.74) is 10.1. The molecule has 3 aromatic carbocycles. The number of nitrogens with two attached hydrogens (primary N) is 1. The van der Waals surface area contributed by atoms with Gasteiger partial charge in [-0.05, 0) is 47.7 Å². The van der Waals surface area contributed by atoms with E-state index in [0.29, 0.717) is 29.2 Å². The molecule has 5 nitrogen and oxygen atoms in total. The number of primary amides is 1. The highest BCUT2D eigenvalue weighted by Gasteiger charge is 2.25. The quantitative estimate of drug-likeness (QED) is 0.296. The molecule has 0 bridgehead atoms. The lowest BCUT2D eigenvalue weighted by atomic mass is 10.1. The van der Waals surface area contributed by atoms with E-state index in [-0.39, 0.29) is 5.91 Å². The Morgan fingerprint density at radius 3 is 2.11 bits per heavy atom. The summed E-state index contributed by atoms with van der Waals surface area (Å²) >= 11 is 1.38. The summed E-state index contributed by atoms with van der Waals surface area (Å²) < 4.78 is 6.00. The van der Waals surface area contributed by atoms with Gasteiger partial charge in [-0.15, -0.1) is 11.3 Å². The average Bonchev–Trinajstić information content (AvgIpc) is 3.18. The summed E-state index contributed by atoms with van der Waals surface area (Å²) in [4.78, 5) is 26.3. The second-order valence-electron chi connectivity index (χ2n) is 8.28. The van der Waals surface area contributed by atoms with E-state index in [2.05, 4.69) is 5.32 Å². The minimum absolute atomic E-state index is 0.311. The van der Waals surface area contributed by atoms with Gasteiger partial charge in [-0.1, -0.05) is 79.7 Å². The van der Waals surface area contributed by atoms with Gasteiger partial charge in [0, 0.05) is 11.3 Å². The number of thiophene rings is 1. The first-order valence-electron chi connectivity index (χ1n) is 11.5. The van der Waals surface area contributed by atoms with Crippen molar-refractivity contribution in [2.45, 2.75) is 32.8 Å². The van der Waals surface area contributed by atoms with Crippen molar-refractivity contribution in [3.63, 3.8) is 0 Å². The zero-order valence-corrected chi connectivity index (χ0v) is 20.6. The Kier molecular flexibility index (Phi) is 7.63. The van der Waals surface area contributed by atoms with Crippen LogP contribution in [-0.2, 0) is 11.2 Å². The SMILES string of the molecule is CCC(Oc1ccc(-c2ccccc2)cc1)C(=O)Nc1sc(Cc2ccccc2)c(C)c1C(N)=O. The number of ether oxygens (including phenoxy) is 1. The molecule has 1 heterocycles. The monoisotopic (exact) mass is 484 g/mol. The molecule has 1 unspecified atom stereocenters. The van der Waals surface area contributed by atoms with Gasteiger partial charge >= 0.3 is 0 Å². The van der Waals surface area contributed by atoms with Crippen molar-refractivity contribution in [3.8, 4) is 16.9 Å². The molecule has 0 aliphatic heterocycles. The van der Waals surface area contributed by atoms with E-state index in [1.165, 1.54) is 11.3 Å². The topological polar surface area (TPSA) is 81.4 Å². The van der Waals surface area contributed by atoms with Gasteiger partial charge in [0.2, 0.25) is 0 Å². The van der Waals surface area contributed by atoms with Crippen LogP contribution in [0.3, 0.4) is 0 Å². The van der Waals surface area contributed by atoms with Crippen molar-refractivity contribution < 1.29 is 14.3 Å². The van der Waals surface area contributed by atoms with Crippen molar-refractivity contribution in [1.82, 2.24) is 0 Å². The van der Waals surface area contributed by atoms with E-state index in [4.69, 9.17) is 10.5 Å². The molecule has 6 heteroatoms. The largest absolute Gasteiger partial charge is 0.481 e. The second kappa shape index (κ2) is 11.0. The minimum Gasteiger partial charge on any atom is -0.481 e. The molecular weight excluding hydrogens is 456 g/mol. The van der Waals surface area contributed by atoms with E-state index in [1.807, 2.05) is 98.8 Å². The normalized spacial score (nSPS) is 11.6. The third-order valence-electron chi connectivity index (χ3n) is 5.84. The van der Waals surface area contributed by atoms with Gasteiger partial charge in [-0.25, -0.2) is 0 Å². The van der Waals surface area contributed by atoms with Crippen LogP contribution in [0.5, 0.6) is 5.75 Å². The summed E-state index contributed by atoms with van der Waals surface area (Å²) in [6, 6.07) is 27.7. The Labute approximate surface area is 209 Å². The molecule has 1 atom stereocenters. The van der Waals surface area contributed by atoms with Gasteiger partial charge in [0.25, 0.3) is 11.8 Å². The summed E-state index contributed by atoms with van der Waals surface area (Å²) in [6.45, 7) is 3.75. The Morgan fingerprint density at radius 1 is 0.914 bits per heavy atom. The fourth-order valence-electron chi connectivity index (χ4n) is 3.93. The van der Waals surface area contributed by atoms with Crippen LogP contribution in [0.4, 0.5) is 5.00 Å². The van der Waals surface area contributed by atoms with Crippen LogP contribution in [0.1, 0.15) is 39.7 Å². The Balaban J connectivity index is 1.49. The van der Waals surface area contributed by atoms with Crippen molar-refractivity contribution in [1.29, 1.82) is 0 Å². The summed E-state index contributed by atoms with van der Waals surface area (Å²) in [5, 5.41) is 3.37. The van der Waals surface area contributed by atoms with Gasteiger partial charge in [0.05, 0.1) is 5.56 Å². The number of anilines is 1. The van der Waals surface area contributed by atoms with Crippen LogP contribution in [0, 0.1) is 6.92 Å². The molecule has 3 N–H and O–H groups in total. The van der Waals surface area contributed by atoms with Crippen LogP contribution in [0.2, 0.25) is 0 Å². The van der Waals surface area contributed by atoms with E-state index in [0.717, 1.165) is 27.1 Å². The van der Waals surface area contributed by atoms with Crippen LogP contribution in [0.25, 0.3) is 11.1 Å². The van der Waals surface area contributed by atoms with E-state index in [9.17, 15) is 9.59 Å². The van der Waals surface area contributed by atoms with Crippen LogP contribution in [0.15, 0.2) is 84.9 Å². The molecule has 4 rings (SSSR count). The van der Waals surface area contributed by atoms with Gasteiger partial charge in [0.1, 0.15) is 10.8 Å². The molecule has 0 saturated heterocycles. The lowest BCUT2D eigenvalue weighted by Gasteiger charge is -2.17. The lowest BCUT2D eigenvalue weighted by molar-refractivity contribution is -0.122. The fourth-order valence-corrected chi connectivity index (χ4v) is 5.18. The fraction of sp³-hybridized carbons (Fsp3) is 0.172. The maximum absolute atomic E-state index is 13.1. The first kappa shape index (κ1) is 24.2. The van der Waals surface area contributed by atoms with Crippen LogP contribution < -0.4 is 15.8 Å². The molecule has 0 aliphatic rings. The van der Waals surface area contributed by atoms with Crippen LogP contribution >= 0.6 is 11.3 Å². The molecule has 0 saturated carbocycles. The third kappa shape index (κ3) is 5.78. The standard InChI is InChI=1S/C29H28N2O3S/c1-3-24(34-23-16-14-22(15-17-23)21-12-8-5-9-13-21)28(33)31-29-26(27(30)32)19(2)25(35-29)18-20-10-6-4-7-11-20/h4-17,24H,3,18H2,1-2H3,(H2,30,32)(H,31,33). The number of hydrogen-bond acceptors (Lipinski definition) is 4. The van der Waals surface area contributed by atoms with Gasteiger partial charge in [0.15, 0.2) is 6.10 Å². The predicted octanol–water partition coefficient (Wildman–Crippen LogP) is 6.21. The summed E-state index contributed by atoms with van der Waals surface area (Å²) in [7, 11) is 0. The number of nitrogens with one attached hydrogen (secondary N) is 1. The Hall–Kier alpha value is -3.90. The Bertz CT molecular complexity index is 1300. The lowest BCUT2D eigenvalue weighted by Crippen LogP contribution is -2.32. The van der Waals surface area contributed by atoms with Crippen LogP contribution in [-0.4, -0.2) is 17.9 Å². The zero-order valence-electron chi connectivity index (χ0n) is 19.8. The van der Waals surface area contributed by atoms with Gasteiger partial charge in [-0.3, -0.25) is 9.59 Å². The zero-order chi connectivity index (χ0) is 24.8. The number of carbonyl (C=O) groups excluding carboxylic acids is 2.